The van der Waals surface area contributed by atoms with Gasteiger partial charge in [-0.15, -0.1) is 0 Å². The van der Waals surface area contributed by atoms with Crippen LogP contribution in [0.25, 0.3) is 22.2 Å². The largest absolute Gasteiger partial charge is 0.346 e. The molecule has 53 heavy (non-hydrogen) atoms. The van der Waals surface area contributed by atoms with Crippen molar-refractivity contribution in [2.24, 2.45) is 5.92 Å². The van der Waals surface area contributed by atoms with Crippen LogP contribution in [0.2, 0.25) is 5.02 Å². The molecule has 3 aliphatic rings. The van der Waals surface area contributed by atoms with Gasteiger partial charge in [0.05, 0.1) is 39.3 Å². The summed E-state index contributed by atoms with van der Waals surface area (Å²) in [7, 11) is -3.96. The summed E-state index contributed by atoms with van der Waals surface area (Å²) in [5, 5.41) is 12.3. The first kappa shape index (κ1) is 35.1. The van der Waals surface area contributed by atoms with Crippen LogP contribution >= 0.6 is 11.6 Å². The zero-order valence-electron chi connectivity index (χ0n) is 27.0. The van der Waals surface area contributed by atoms with Gasteiger partial charge in [0, 0.05) is 23.1 Å². The van der Waals surface area contributed by atoms with E-state index in [4.69, 9.17) is 11.6 Å². The Hall–Kier alpha value is -4.97. The van der Waals surface area contributed by atoms with E-state index in [-0.39, 0.29) is 56.9 Å². The summed E-state index contributed by atoms with van der Waals surface area (Å²) in [4.78, 5) is 31.5. The number of benzene rings is 2. The molecule has 1 unspecified atom stereocenters. The third-order valence-electron chi connectivity index (χ3n) is 9.66. The molecule has 0 radical (unpaired) electrons. The number of aromatic amines is 1. The van der Waals surface area contributed by atoms with E-state index in [1.165, 1.54) is 24.4 Å². The molecule has 5 aromatic rings. The summed E-state index contributed by atoms with van der Waals surface area (Å²) in [6.45, 7) is -0.901. The molecular formula is C34H26ClF6N7O4S. The summed E-state index contributed by atoms with van der Waals surface area (Å²) in [6.07, 6.45) is -1.29. The Kier molecular flexibility index (Phi) is 8.32. The standard InChI is InChI=1S/C34H26ClF6N7O4S/c35-23-4-1-15(8-21(23)33(50)47-53(51,52)18-2-3-18)19-11-24-26(12-42-45-24)44-29(19)25(7-14-5-16(36)9-17(37)6-14)43-27(49)13-48-31-28(30(46-48)32(38)39)20-10-22(20)34(31,40)41/h1,4-6,8-9,11-12,18,20,22,25,32H,2-3,7,10,13H2,(H,42,45)(H,43,49)(H,47,50)/t20-,22+,25?/m0/s1. The lowest BCUT2D eigenvalue weighted by Gasteiger charge is -2.23. The van der Waals surface area contributed by atoms with E-state index >= 15 is 8.78 Å². The first-order valence-electron chi connectivity index (χ1n) is 16.3. The van der Waals surface area contributed by atoms with E-state index in [0.717, 1.165) is 12.1 Å². The van der Waals surface area contributed by atoms with Gasteiger partial charge in [-0.05, 0) is 73.1 Å². The molecule has 3 heterocycles. The number of nitrogens with zero attached hydrogens (tertiary/aromatic N) is 4. The van der Waals surface area contributed by atoms with Gasteiger partial charge in [0.1, 0.15) is 35.1 Å². The Bertz CT molecular complexity index is 2430. The third kappa shape index (κ3) is 6.40. The van der Waals surface area contributed by atoms with Crippen LogP contribution in [-0.4, -0.2) is 50.4 Å². The second-order valence-corrected chi connectivity index (χ2v) is 15.7. The van der Waals surface area contributed by atoms with Crippen molar-refractivity contribution < 1.29 is 44.3 Å². The van der Waals surface area contributed by atoms with Crippen LogP contribution in [0.15, 0.2) is 48.7 Å². The maximum absolute atomic E-state index is 15.3. The highest BCUT2D eigenvalue weighted by Crippen LogP contribution is 2.68. The van der Waals surface area contributed by atoms with Crippen LogP contribution in [0.1, 0.15) is 76.2 Å². The zero-order chi connectivity index (χ0) is 37.6. The van der Waals surface area contributed by atoms with Crippen LogP contribution in [0.4, 0.5) is 26.3 Å². The molecule has 0 spiro atoms. The Labute approximate surface area is 301 Å². The maximum Gasteiger partial charge on any atom is 0.293 e. The molecule has 2 amide bonds. The SMILES string of the molecule is O=C(Cn1nc(C(F)F)c2c1C(F)(F)[C@@H]1C[C@H]21)NC(Cc1cc(F)cc(F)c1)c1nc2cn[nH]c2cc1-c1ccc(Cl)c(C(=O)NS(=O)(=O)C2CC2)c1. The number of fused-ring (bicyclic) bond motifs is 4. The van der Waals surface area contributed by atoms with E-state index < -0.39 is 86.9 Å². The Morgan fingerprint density at radius 1 is 1.06 bits per heavy atom. The molecule has 0 saturated heterocycles. The average molecular weight is 778 g/mol. The molecule has 2 aromatic carbocycles. The number of H-pyrrole nitrogens is 1. The van der Waals surface area contributed by atoms with Gasteiger partial charge in [-0.2, -0.15) is 19.0 Å². The van der Waals surface area contributed by atoms with Crippen LogP contribution in [0.5, 0.6) is 0 Å². The number of halogens is 7. The number of hydrogen-bond acceptors (Lipinski definition) is 7. The van der Waals surface area contributed by atoms with Gasteiger partial charge in [-0.25, -0.2) is 35.7 Å². The second kappa shape index (κ2) is 12.6. The number of alkyl halides is 4. The summed E-state index contributed by atoms with van der Waals surface area (Å²) in [5.41, 5.74) is -0.772. The lowest BCUT2D eigenvalue weighted by Crippen LogP contribution is -2.35. The third-order valence-corrected chi connectivity index (χ3v) is 11.8. The van der Waals surface area contributed by atoms with Crippen molar-refractivity contribution in [1.29, 1.82) is 0 Å². The molecule has 276 valence electrons. The van der Waals surface area contributed by atoms with E-state index in [1.54, 1.807) is 6.07 Å². The molecule has 3 aromatic heterocycles. The summed E-state index contributed by atoms with van der Waals surface area (Å²) in [5.74, 6) is -9.25. The zero-order valence-corrected chi connectivity index (χ0v) is 28.6. The van der Waals surface area contributed by atoms with Crippen LogP contribution in [0, 0.1) is 17.6 Å². The summed E-state index contributed by atoms with van der Waals surface area (Å²) < 4.78 is 115. The number of carbonyl (C=O) groups excluding carboxylic acids is 2. The lowest BCUT2D eigenvalue weighted by atomic mass is 9.94. The fourth-order valence-corrected chi connectivity index (χ4v) is 8.53. The second-order valence-electron chi connectivity index (χ2n) is 13.4. The van der Waals surface area contributed by atoms with Gasteiger partial charge < -0.3 is 5.32 Å². The smallest absolute Gasteiger partial charge is 0.293 e. The molecule has 0 bridgehead atoms. The monoisotopic (exact) mass is 777 g/mol. The van der Waals surface area contributed by atoms with E-state index in [0.29, 0.717) is 29.1 Å². The van der Waals surface area contributed by atoms with Gasteiger partial charge >= 0.3 is 0 Å². The Balaban J connectivity index is 1.19. The lowest BCUT2D eigenvalue weighted by molar-refractivity contribution is -0.123. The van der Waals surface area contributed by atoms with Crippen molar-refractivity contribution in [3.63, 3.8) is 0 Å². The van der Waals surface area contributed by atoms with Crippen LogP contribution in [0.3, 0.4) is 0 Å². The predicted octanol–water partition coefficient (Wildman–Crippen LogP) is 6.22. The van der Waals surface area contributed by atoms with Crippen molar-refractivity contribution in [1.82, 2.24) is 35.0 Å². The van der Waals surface area contributed by atoms with Gasteiger partial charge in [0.15, 0.2) is 0 Å². The van der Waals surface area contributed by atoms with Gasteiger partial charge in [0.2, 0.25) is 15.9 Å². The fourth-order valence-electron chi connectivity index (χ4n) is 7.04. The molecule has 2 saturated carbocycles. The minimum Gasteiger partial charge on any atom is -0.346 e. The molecule has 0 aliphatic heterocycles. The van der Waals surface area contributed by atoms with Crippen molar-refractivity contribution in [3.05, 3.63) is 99.1 Å². The number of hydrogen-bond donors (Lipinski definition) is 3. The van der Waals surface area contributed by atoms with Crippen LogP contribution in [-0.2, 0) is 33.7 Å². The molecule has 8 rings (SSSR count). The number of amides is 2. The van der Waals surface area contributed by atoms with E-state index in [9.17, 15) is 35.6 Å². The van der Waals surface area contributed by atoms with Gasteiger partial charge in [-0.1, -0.05) is 17.7 Å². The molecule has 3 aliphatic carbocycles. The quantitative estimate of drug-likeness (QED) is 0.135. The van der Waals surface area contributed by atoms with E-state index in [2.05, 4.69) is 25.6 Å². The maximum atomic E-state index is 15.3. The highest BCUT2D eigenvalue weighted by molar-refractivity contribution is 7.91. The number of pyridine rings is 1. The predicted molar refractivity (Wildman–Crippen MR) is 177 cm³/mol. The average Bonchev–Trinajstić information content (AvgIpc) is 3.99. The van der Waals surface area contributed by atoms with Crippen molar-refractivity contribution >= 4 is 44.5 Å². The topological polar surface area (TPSA) is 152 Å². The minimum absolute atomic E-state index is 0.0270. The van der Waals surface area contributed by atoms with Gasteiger partial charge in [-0.3, -0.25) is 19.4 Å². The number of carbonyl (C=O) groups is 2. The number of sulfonamides is 1. The number of nitrogens with one attached hydrogen (secondary N) is 3. The first-order chi connectivity index (χ1) is 25.1. The molecule has 3 N–H and O–H groups in total. The molecule has 3 atom stereocenters. The summed E-state index contributed by atoms with van der Waals surface area (Å²) in [6, 6.07) is 7.11. The highest BCUT2D eigenvalue weighted by Gasteiger charge is 2.67. The molecule has 11 nitrogen and oxygen atoms in total. The van der Waals surface area contributed by atoms with Crippen LogP contribution < -0.4 is 10.0 Å². The molecule has 19 heteroatoms. The molecular weight excluding hydrogens is 752 g/mol. The summed E-state index contributed by atoms with van der Waals surface area (Å²) >= 11 is 6.33. The highest BCUT2D eigenvalue weighted by atomic mass is 35.5. The van der Waals surface area contributed by atoms with Crippen molar-refractivity contribution in [3.8, 4) is 11.1 Å². The van der Waals surface area contributed by atoms with Gasteiger partial charge in [0.25, 0.3) is 18.3 Å². The Morgan fingerprint density at radius 3 is 2.49 bits per heavy atom. The first-order valence-corrected chi connectivity index (χ1v) is 18.2. The minimum atomic E-state index is -3.96. The normalized spacial score (nSPS) is 19.2. The number of rotatable bonds is 11. The van der Waals surface area contributed by atoms with Crippen molar-refractivity contribution in [2.75, 3.05) is 0 Å². The number of aromatic nitrogens is 5. The molecule has 2 fully saturated rings. The fraction of sp³-hybridized carbons (Fsp3) is 0.324. The van der Waals surface area contributed by atoms with Crippen molar-refractivity contribution in [2.45, 2.75) is 61.8 Å². The van der Waals surface area contributed by atoms with E-state index in [1.807, 2.05) is 4.72 Å². The Morgan fingerprint density at radius 2 is 1.79 bits per heavy atom.